The molecule has 0 aliphatic carbocycles. The van der Waals surface area contributed by atoms with Gasteiger partial charge in [-0.25, -0.2) is 4.98 Å². The van der Waals surface area contributed by atoms with E-state index in [1.165, 1.54) is 0 Å². The Morgan fingerprint density at radius 3 is 2.70 bits per heavy atom. The largest absolute Gasteiger partial charge is 0.348 e. The van der Waals surface area contributed by atoms with Crippen LogP contribution in [0, 0.1) is 6.92 Å². The topological polar surface area (TPSA) is 70.4 Å². The molecule has 1 fully saturated rings. The lowest BCUT2D eigenvalue weighted by atomic mass is 10.1. The van der Waals surface area contributed by atoms with E-state index in [1.807, 2.05) is 48.9 Å². The van der Waals surface area contributed by atoms with Gasteiger partial charge in [0.2, 0.25) is 5.91 Å². The van der Waals surface area contributed by atoms with Gasteiger partial charge in [-0.1, -0.05) is 12.1 Å². The fourth-order valence-corrected chi connectivity index (χ4v) is 2.99. The number of imidazole rings is 1. The number of nitrogens with one attached hydrogen (secondary N) is 1. The van der Waals surface area contributed by atoms with Gasteiger partial charge in [-0.3, -0.25) is 4.79 Å². The van der Waals surface area contributed by atoms with Crippen molar-refractivity contribution in [3.8, 4) is 5.69 Å². The number of hydrogen-bond acceptors (Lipinski definition) is 4. The highest BCUT2D eigenvalue weighted by atomic mass is 16.5. The Labute approximate surface area is 135 Å². The average Bonchev–Trinajstić information content (AvgIpc) is 3.15. The van der Waals surface area contributed by atoms with E-state index in [-0.39, 0.29) is 11.9 Å². The second kappa shape index (κ2) is 6.52. The Kier molecular flexibility index (Phi) is 4.45. The quantitative estimate of drug-likeness (QED) is 0.908. The molecule has 1 aromatic carbocycles. The number of aryl methyl sites for hydroxylation is 1. The van der Waals surface area contributed by atoms with Crippen LogP contribution in [0.5, 0.6) is 0 Å². The van der Waals surface area contributed by atoms with Crippen LogP contribution in [0.25, 0.3) is 5.69 Å². The second-order valence-corrected chi connectivity index (χ2v) is 5.99. The third kappa shape index (κ3) is 3.28. The van der Waals surface area contributed by atoms with Gasteiger partial charge in [0.1, 0.15) is 11.9 Å². The first-order valence-corrected chi connectivity index (χ1v) is 7.92. The summed E-state index contributed by atoms with van der Waals surface area (Å²) in [6, 6.07) is 7.51. The second-order valence-electron chi connectivity index (χ2n) is 5.99. The molecule has 2 aromatic rings. The zero-order valence-electron chi connectivity index (χ0n) is 13.4. The van der Waals surface area contributed by atoms with E-state index in [1.54, 1.807) is 6.20 Å². The van der Waals surface area contributed by atoms with Crippen LogP contribution in [0.3, 0.4) is 0 Å². The summed E-state index contributed by atoms with van der Waals surface area (Å²) >= 11 is 0. The fraction of sp³-hybridized carbons (Fsp3) is 0.412. The fourth-order valence-electron chi connectivity index (χ4n) is 2.99. The van der Waals surface area contributed by atoms with Crippen LogP contribution in [0.1, 0.15) is 37.2 Å². The number of carbonyl (C=O) groups excluding carboxylic acids is 1. The normalized spacial score (nSPS) is 19.7. The maximum atomic E-state index is 12.2. The molecule has 3 rings (SSSR count). The Hall–Kier alpha value is -2.18. The Bertz CT molecular complexity index is 680. The highest BCUT2D eigenvalue weighted by Crippen LogP contribution is 2.19. The van der Waals surface area contributed by atoms with Crippen LogP contribution < -0.4 is 5.32 Å². The number of nitrogens with zero attached hydrogens (tertiary/aromatic N) is 3. The van der Waals surface area contributed by atoms with E-state index < -0.39 is 6.04 Å². The lowest BCUT2D eigenvalue weighted by Crippen LogP contribution is -2.42. The molecule has 2 N–H and O–H groups in total. The molecular formula is C17H22N4O2. The summed E-state index contributed by atoms with van der Waals surface area (Å²) in [6.45, 7) is 4.47. The third-order valence-corrected chi connectivity index (χ3v) is 4.38. The maximum Gasteiger partial charge on any atom is 0.240 e. The third-order valence-electron chi connectivity index (χ3n) is 4.38. The van der Waals surface area contributed by atoms with Gasteiger partial charge >= 0.3 is 0 Å². The molecule has 2 atom stereocenters. The first-order valence-electron chi connectivity index (χ1n) is 7.92. The van der Waals surface area contributed by atoms with E-state index in [4.69, 9.17) is 0 Å². The first-order chi connectivity index (χ1) is 11.1. The molecule has 1 aliphatic heterocycles. The molecule has 6 nitrogen and oxygen atoms in total. The van der Waals surface area contributed by atoms with Gasteiger partial charge < -0.3 is 15.1 Å². The van der Waals surface area contributed by atoms with Crippen molar-refractivity contribution >= 4 is 5.91 Å². The lowest BCUT2D eigenvalue weighted by Gasteiger charge is -2.21. The van der Waals surface area contributed by atoms with Crippen molar-refractivity contribution < 1.29 is 10.0 Å². The highest BCUT2D eigenvalue weighted by molar-refractivity contribution is 5.82. The molecule has 1 amide bonds. The van der Waals surface area contributed by atoms with Crippen molar-refractivity contribution in [2.75, 3.05) is 6.54 Å². The van der Waals surface area contributed by atoms with Crippen LogP contribution in [-0.2, 0) is 4.79 Å². The summed E-state index contributed by atoms with van der Waals surface area (Å²) in [4.78, 5) is 16.4. The van der Waals surface area contributed by atoms with Crippen LogP contribution in [-0.4, -0.2) is 38.3 Å². The average molecular weight is 314 g/mol. The minimum Gasteiger partial charge on any atom is -0.348 e. The highest BCUT2D eigenvalue weighted by Gasteiger charge is 2.30. The monoisotopic (exact) mass is 314 g/mol. The summed E-state index contributed by atoms with van der Waals surface area (Å²) in [5.41, 5.74) is 2.07. The minimum atomic E-state index is -0.426. The number of amides is 1. The predicted octanol–water partition coefficient (Wildman–Crippen LogP) is 2.21. The van der Waals surface area contributed by atoms with Gasteiger partial charge in [0.15, 0.2) is 0 Å². The van der Waals surface area contributed by atoms with Crippen LogP contribution in [0.2, 0.25) is 0 Å². The van der Waals surface area contributed by atoms with Crippen molar-refractivity contribution in [1.82, 2.24) is 19.9 Å². The maximum absolute atomic E-state index is 12.2. The van der Waals surface area contributed by atoms with Crippen LogP contribution >= 0.6 is 0 Å². The molecule has 23 heavy (non-hydrogen) atoms. The van der Waals surface area contributed by atoms with Gasteiger partial charge in [0, 0.05) is 24.6 Å². The molecule has 6 heteroatoms. The number of aromatic nitrogens is 2. The van der Waals surface area contributed by atoms with Gasteiger partial charge in [-0.15, -0.1) is 0 Å². The lowest BCUT2D eigenvalue weighted by molar-refractivity contribution is -0.146. The molecule has 1 saturated heterocycles. The number of rotatable bonds is 4. The Balaban J connectivity index is 1.67. The summed E-state index contributed by atoms with van der Waals surface area (Å²) in [5.74, 6) is 0.815. The van der Waals surface area contributed by atoms with E-state index in [0.717, 1.165) is 28.6 Å². The van der Waals surface area contributed by atoms with E-state index in [2.05, 4.69) is 10.3 Å². The van der Waals surface area contributed by atoms with E-state index >= 15 is 0 Å². The van der Waals surface area contributed by atoms with Gasteiger partial charge in [0.25, 0.3) is 0 Å². The molecule has 0 spiro atoms. The zero-order chi connectivity index (χ0) is 16.4. The number of benzene rings is 1. The van der Waals surface area contributed by atoms with Crippen LogP contribution in [0.4, 0.5) is 0 Å². The molecule has 1 aliphatic rings. The summed E-state index contributed by atoms with van der Waals surface area (Å²) in [7, 11) is 0. The molecule has 1 aromatic heterocycles. The van der Waals surface area contributed by atoms with Gasteiger partial charge in [0.05, 0.1) is 6.04 Å². The summed E-state index contributed by atoms with van der Waals surface area (Å²) in [5, 5.41) is 13.8. The molecule has 122 valence electrons. The van der Waals surface area contributed by atoms with Crippen LogP contribution in [0.15, 0.2) is 36.7 Å². The molecule has 0 bridgehead atoms. The van der Waals surface area contributed by atoms with Crippen molar-refractivity contribution in [2.24, 2.45) is 0 Å². The van der Waals surface area contributed by atoms with E-state index in [0.29, 0.717) is 13.0 Å². The minimum absolute atomic E-state index is 0.102. The number of hydroxylamine groups is 2. The molecular weight excluding hydrogens is 292 g/mol. The summed E-state index contributed by atoms with van der Waals surface area (Å²) in [6.07, 6.45) is 5.25. The van der Waals surface area contributed by atoms with Crippen molar-refractivity contribution in [2.45, 2.75) is 38.8 Å². The predicted molar refractivity (Wildman–Crippen MR) is 86.4 cm³/mol. The Morgan fingerprint density at radius 2 is 2.13 bits per heavy atom. The van der Waals surface area contributed by atoms with Crippen molar-refractivity contribution in [3.05, 3.63) is 48.0 Å². The zero-order valence-corrected chi connectivity index (χ0v) is 13.4. The van der Waals surface area contributed by atoms with Gasteiger partial charge in [-0.2, -0.15) is 5.06 Å². The first kappa shape index (κ1) is 15.7. The standard InChI is InChI=1S/C17H22N4O2/c1-12(19-17(22)16-4-3-10-21(16)23)14-5-7-15(8-6-14)20-11-9-18-13(20)2/h5-9,11-12,16,23H,3-4,10H2,1-2H3,(H,19,22). The van der Waals surface area contributed by atoms with Crippen molar-refractivity contribution in [3.63, 3.8) is 0 Å². The number of hydrogen-bond donors (Lipinski definition) is 2. The molecule has 2 heterocycles. The van der Waals surface area contributed by atoms with E-state index in [9.17, 15) is 10.0 Å². The Morgan fingerprint density at radius 1 is 1.39 bits per heavy atom. The van der Waals surface area contributed by atoms with Crippen molar-refractivity contribution in [1.29, 1.82) is 0 Å². The van der Waals surface area contributed by atoms with Gasteiger partial charge in [-0.05, 0) is 44.4 Å². The molecule has 0 radical (unpaired) electrons. The molecule has 2 unspecified atom stereocenters. The SMILES string of the molecule is Cc1nccn1-c1ccc(C(C)NC(=O)C2CCCN2O)cc1. The summed E-state index contributed by atoms with van der Waals surface area (Å²) < 4.78 is 2.01. The smallest absolute Gasteiger partial charge is 0.240 e. The number of carbonyl (C=O) groups is 1. The molecule has 0 saturated carbocycles.